The molecule has 31 heavy (non-hydrogen) atoms. The van der Waals surface area contributed by atoms with Gasteiger partial charge in [0, 0.05) is 12.0 Å². The third kappa shape index (κ3) is 15.6. The summed E-state index contributed by atoms with van der Waals surface area (Å²) in [6.45, 7) is 4.84. The summed E-state index contributed by atoms with van der Waals surface area (Å²) in [4.78, 5) is 11.9. The van der Waals surface area contributed by atoms with E-state index in [2.05, 4.69) is 17.5 Å². The molecule has 0 aliphatic heterocycles. The van der Waals surface area contributed by atoms with Gasteiger partial charge in [-0.25, -0.2) is 5.43 Å². The van der Waals surface area contributed by atoms with E-state index in [4.69, 9.17) is 4.74 Å². The van der Waals surface area contributed by atoms with E-state index in [9.17, 15) is 4.79 Å². The van der Waals surface area contributed by atoms with Gasteiger partial charge in [0.15, 0.2) is 0 Å². The highest BCUT2D eigenvalue weighted by Gasteiger charge is 2.01. The molecule has 1 aromatic rings. The Hall–Kier alpha value is -1.84. The van der Waals surface area contributed by atoms with Crippen LogP contribution in [0.1, 0.15) is 122 Å². The van der Waals surface area contributed by atoms with Gasteiger partial charge in [-0.1, -0.05) is 109 Å². The number of hydrogen-bond donors (Lipinski definition) is 1. The van der Waals surface area contributed by atoms with Crippen molar-refractivity contribution in [3.8, 4) is 5.75 Å². The maximum Gasteiger partial charge on any atom is 0.240 e. The smallest absolute Gasteiger partial charge is 0.240 e. The van der Waals surface area contributed by atoms with E-state index < -0.39 is 0 Å². The summed E-state index contributed by atoms with van der Waals surface area (Å²) >= 11 is 0. The van der Waals surface area contributed by atoms with Crippen LogP contribution in [0.15, 0.2) is 29.4 Å². The fourth-order valence-electron chi connectivity index (χ4n) is 3.76. The maximum atomic E-state index is 11.9. The first-order valence-corrected chi connectivity index (χ1v) is 12.8. The third-order valence-electron chi connectivity index (χ3n) is 5.62. The van der Waals surface area contributed by atoms with Crippen LogP contribution in [0.5, 0.6) is 5.75 Å². The number of nitrogens with zero attached hydrogens (tertiary/aromatic N) is 1. The zero-order chi connectivity index (χ0) is 22.4. The van der Waals surface area contributed by atoms with Crippen molar-refractivity contribution < 1.29 is 9.53 Å². The molecule has 0 aromatic heterocycles. The maximum absolute atomic E-state index is 11.9. The molecule has 0 fully saturated rings. The minimum absolute atomic E-state index is 0.0140. The van der Waals surface area contributed by atoms with E-state index in [0.717, 1.165) is 24.2 Å². The number of rotatable bonds is 20. The van der Waals surface area contributed by atoms with Gasteiger partial charge in [0.25, 0.3) is 0 Å². The van der Waals surface area contributed by atoms with E-state index in [0.29, 0.717) is 13.0 Å². The Morgan fingerprint density at radius 2 is 1.32 bits per heavy atom. The van der Waals surface area contributed by atoms with Crippen molar-refractivity contribution >= 4 is 12.1 Å². The fraction of sp³-hybridized carbons (Fsp3) is 0.704. The second-order valence-electron chi connectivity index (χ2n) is 8.46. The molecule has 176 valence electrons. The number of carbonyl (C=O) groups is 1. The number of para-hydroxylation sites is 1. The highest BCUT2D eigenvalue weighted by molar-refractivity contribution is 5.85. The number of hydrazone groups is 1. The Labute approximate surface area is 191 Å². The Morgan fingerprint density at radius 3 is 1.87 bits per heavy atom. The second-order valence-corrected chi connectivity index (χ2v) is 8.46. The van der Waals surface area contributed by atoms with Crippen LogP contribution in [-0.2, 0) is 4.79 Å². The molecule has 0 aliphatic carbocycles. The lowest BCUT2D eigenvalue weighted by molar-refractivity contribution is -0.121. The predicted molar refractivity (Wildman–Crippen MR) is 133 cm³/mol. The SMILES string of the molecule is CCCCCCCCCCCCCCCCCC(=O)N/N=C/c1ccccc1OCC. The van der Waals surface area contributed by atoms with Crippen LogP contribution in [0.25, 0.3) is 0 Å². The minimum atomic E-state index is -0.0140. The van der Waals surface area contributed by atoms with Gasteiger partial charge in [0.05, 0.1) is 12.8 Å². The topological polar surface area (TPSA) is 50.7 Å². The highest BCUT2D eigenvalue weighted by atomic mass is 16.5. The molecule has 0 aliphatic rings. The van der Waals surface area contributed by atoms with E-state index in [1.54, 1.807) is 6.21 Å². The van der Waals surface area contributed by atoms with Crippen molar-refractivity contribution in [1.82, 2.24) is 5.43 Å². The Balaban J connectivity index is 1.92. The molecule has 0 atom stereocenters. The molecule has 0 spiro atoms. The van der Waals surface area contributed by atoms with Gasteiger partial charge in [-0.3, -0.25) is 4.79 Å². The van der Waals surface area contributed by atoms with Gasteiger partial charge >= 0.3 is 0 Å². The van der Waals surface area contributed by atoms with E-state index >= 15 is 0 Å². The zero-order valence-corrected chi connectivity index (χ0v) is 20.2. The van der Waals surface area contributed by atoms with Crippen molar-refractivity contribution in [3.63, 3.8) is 0 Å². The van der Waals surface area contributed by atoms with Crippen LogP contribution in [0, 0.1) is 0 Å². The van der Waals surface area contributed by atoms with Crippen LogP contribution in [0.3, 0.4) is 0 Å². The standard InChI is InChI=1S/C27H46N2O2/c1-3-5-6-7-8-9-10-11-12-13-14-15-16-17-18-23-27(30)29-28-24-25-21-19-20-22-26(25)31-4-2/h19-22,24H,3-18,23H2,1-2H3,(H,29,30)/b28-24+. The number of unbranched alkanes of at least 4 members (excludes halogenated alkanes) is 14. The van der Waals surface area contributed by atoms with Crippen LogP contribution >= 0.6 is 0 Å². The number of amides is 1. The molecular formula is C27H46N2O2. The predicted octanol–water partition coefficient (Wildman–Crippen LogP) is 7.80. The number of nitrogens with one attached hydrogen (secondary N) is 1. The lowest BCUT2D eigenvalue weighted by Crippen LogP contribution is -2.17. The monoisotopic (exact) mass is 430 g/mol. The molecular weight excluding hydrogens is 384 g/mol. The highest BCUT2D eigenvalue weighted by Crippen LogP contribution is 2.16. The van der Waals surface area contributed by atoms with Crippen LogP contribution in [0.2, 0.25) is 0 Å². The zero-order valence-electron chi connectivity index (χ0n) is 20.2. The van der Waals surface area contributed by atoms with E-state index in [-0.39, 0.29) is 5.91 Å². The lowest BCUT2D eigenvalue weighted by Gasteiger charge is -2.06. The summed E-state index contributed by atoms with van der Waals surface area (Å²) in [6.07, 6.45) is 22.2. The van der Waals surface area contributed by atoms with Crippen molar-refractivity contribution in [2.45, 2.75) is 117 Å². The van der Waals surface area contributed by atoms with Crippen molar-refractivity contribution in [2.24, 2.45) is 5.10 Å². The minimum Gasteiger partial charge on any atom is -0.493 e. The Morgan fingerprint density at radius 1 is 0.806 bits per heavy atom. The lowest BCUT2D eigenvalue weighted by atomic mass is 10.0. The second kappa shape index (κ2) is 20.1. The van der Waals surface area contributed by atoms with E-state index in [1.165, 1.54) is 83.5 Å². The van der Waals surface area contributed by atoms with E-state index in [1.807, 2.05) is 31.2 Å². The molecule has 4 nitrogen and oxygen atoms in total. The van der Waals surface area contributed by atoms with Gasteiger partial charge in [-0.2, -0.15) is 5.10 Å². The van der Waals surface area contributed by atoms with Crippen molar-refractivity contribution in [1.29, 1.82) is 0 Å². The number of hydrogen-bond acceptors (Lipinski definition) is 3. The van der Waals surface area contributed by atoms with Crippen molar-refractivity contribution in [3.05, 3.63) is 29.8 Å². The van der Waals surface area contributed by atoms with Gasteiger partial charge in [0.2, 0.25) is 5.91 Å². The number of benzene rings is 1. The summed E-state index contributed by atoms with van der Waals surface area (Å²) in [5.74, 6) is 0.769. The quantitative estimate of drug-likeness (QED) is 0.130. The average molecular weight is 431 g/mol. The first kappa shape index (κ1) is 27.2. The molecule has 0 saturated heterocycles. The third-order valence-corrected chi connectivity index (χ3v) is 5.62. The molecule has 0 saturated carbocycles. The summed E-state index contributed by atoms with van der Waals surface area (Å²) in [7, 11) is 0. The number of ether oxygens (including phenoxy) is 1. The van der Waals surface area contributed by atoms with Crippen molar-refractivity contribution in [2.75, 3.05) is 6.61 Å². The summed E-state index contributed by atoms with van der Waals surface area (Å²) in [5, 5.41) is 4.07. The Kier molecular flexibility index (Phi) is 17.6. The molecule has 1 aromatic carbocycles. The van der Waals surface area contributed by atoms with Gasteiger partial charge < -0.3 is 4.74 Å². The van der Waals surface area contributed by atoms with Gasteiger partial charge in [-0.05, 0) is 25.5 Å². The average Bonchev–Trinajstić information content (AvgIpc) is 2.78. The molecule has 4 heteroatoms. The molecule has 1 N–H and O–H groups in total. The summed E-state index contributed by atoms with van der Waals surface area (Å²) < 4.78 is 5.55. The normalized spacial score (nSPS) is 11.2. The van der Waals surface area contributed by atoms with Crippen LogP contribution in [-0.4, -0.2) is 18.7 Å². The molecule has 0 unspecified atom stereocenters. The first-order chi connectivity index (χ1) is 15.3. The molecule has 0 bridgehead atoms. The fourth-order valence-corrected chi connectivity index (χ4v) is 3.76. The largest absolute Gasteiger partial charge is 0.493 e. The Bertz CT molecular complexity index is 586. The first-order valence-electron chi connectivity index (χ1n) is 12.8. The molecule has 0 heterocycles. The van der Waals surface area contributed by atoms with Crippen LogP contribution < -0.4 is 10.2 Å². The molecule has 1 rings (SSSR count). The summed E-state index contributed by atoms with van der Waals surface area (Å²) in [6, 6.07) is 7.69. The van der Waals surface area contributed by atoms with Crippen LogP contribution in [0.4, 0.5) is 0 Å². The molecule has 1 amide bonds. The summed E-state index contributed by atoms with van der Waals surface area (Å²) in [5.41, 5.74) is 3.50. The van der Waals surface area contributed by atoms with Gasteiger partial charge in [-0.15, -0.1) is 0 Å². The van der Waals surface area contributed by atoms with Gasteiger partial charge in [0.1, 0.15) is 5.75 Å². The molecule has 0 radical (unpaired) electrons. The number of carbonyl (C=O) groups excluding carboxylic acids is 1.